The average Bonchev–Trinajstić information content (AvgIpc) is 2.76. The Bertz CT molecular complexity index is 1280. The zero-order valence-corrected chi connectivity index (χ0v) is 17.5. The normalized spacial score (nSPS) is 11.0. The van der Waals surface area contributed by atoms with Crippen molar-refractivity contribution in [1.82, 2.24) is 15.0 Å². The summed E-state index contributed by atoms with van der Waals surface area (Å²) in [5.74, 6) is 1.86. The zero-order valence-electron chi connectivity index (χ0n) is 16.6. The van der Waals surface area contributed by atoms with E-state index in [4.69, 9.17) is 0 Å². The van der Waals surface area contributed by atoms with Gasteiger partial charge in [0.1, 0.15) is 23.8 Å². The van der Waals surface area contributed by atoms with Gasteiger partial charge < -0.3 is 10.6 Å². The molecule has 4 aromatic rings. The van der Waals surface area contributed by atoms with E-state index in [0.29, 0.717) is 23.1 Å². The summed E-state index contributed by atoms with van der Waals surface area (Å²) in [6, 6.07) is 21.0. The highest BCUT2D eigenvalue weighted by molar-refractivity contribution is 7.92. The number of benzene rings is 2. The monoisotopic (exact) mass is 432 g/mol. The summed E-state index contributed by atoms with van der Waals surface area (Å²) in [6.07, 6.45) is 3.13. The van der Waals surface area contributed by atoms with E-state index in [-0.39, 0.29) is 4.90 Å². The number of aromatic nitrogens is 3. The highest BCUT2D eigenvalue weighted by Crippen LogP contribution is 2.22. The fourth-order valence-electron chi connectivity index (χ4n) is 2.83. The Morgan fingerprint density at radius 3 is 2.16 bits per heavy atom. The topological polar surface area (TPSA) is 109 Å². The SMILES string of the molecule is Cc1cccc(S(=O)(=O)Nc2ccc(Nc3cc(Nc4ccccn4)ncn3)cc2)c1. The van der Waals surface area contributed by atoms with Gasteiger partial charge in [0, 0.05) is 23.6 Å². The molecule has 4 rings (SSSR count). The van der Waals surface area contributed by atoms with Crippen molar-refractivity contribution in [3.05, 3.63) is 90.9 Å². The maximum absolute atomic E-state index is 12.6. The Morgan fingerprint density at radius 1 is 0.710 bits per heavy atom. The van der Waals surface area contributed by atoms with Gasteiger partial charge in [-0.05, 0) is 61.0 Å². The Balaban J connectivity index is 1.44. The van der Waals surface area contributed by atoms with Crippen LogP contribution in [0.25, 0.3) is 0 Å². The van der Waals surface area contributed by atoms with Gasteiger partial charge in [-0.2, -0.15) is 0 Å². The summed E-state index contributed by atoms with van der Waals surface area (Å²) >= 11 is 0. The second-order valence-corrected chi connectivity index (χ2v) is 8.44. The molecule has 0 fully saturated rings. The van der Waals surface area contributed by atoms with Crippen LogP contribution in [0.4, 0.5) is 28.8 Å². The van der Waals surface area contributed by atoms with Crippen LogP contribution in [-0.4, -0.2) is 23.4 Å². The summed E-state index contributed by atoms with van der Waals surface area (Å²) in [4.78, 5) is 12.8. The lowest BCUT2D eigenvalue weighted by Crippen LogP contribution is -2.13. The van der Waals surface area contributed by atoms with Crippen molar-refractivity contribution in [2.24, 2.45) is 0 Å². The lowest BCUT2D eigenvalue weighted by atomic mass is 10.2. The van der Waals surface area contributed by atoms with E-state index in [2.05, 4.69) is 30.3 Å². The largest absolute Gasteiger partial charge is 0.340 e. The molecule has 0 amide bonds. The molecule has 2 heterocycles. The van der Waals surface area contributed by atoms with E-state index < -0.39 is 10.0 Å². The first-order chi connectivity index (χ1) is 15.0. The van der Waals surface area contributed by atoms with E-state index in [1.807, 2.05) is 31.2 Å². The van der Waals surface area contributed by atoms with Crippen molar-refractivity contribution < 1.29 is 8.42 Å². The molecule has 0 spiro atoms. The summed E-state index contributed by atoms with van der Waals surface area (Å²) in [7, 11) is -3.65. The molecule has 0 atom stereocenters. The fourth-order valence-corrected chi connectivity index (χ4v) is 3.99. The molecule has 0 saturated heterocycles. The Labute approximate surface area is 180 Å². The Kier molecular flexibility index (Phi) is 5.76. The molecule has 156 valence electrons. The van der Waals surface area contributed by atoms with E-state index in [9.17, 15) is 8.42 Å². The molecule has 2 aromatic carbocycles. The molecule has 0 unspecified atom stereocenters. The molecule has 0 aliphatic heterocycles. The third-order valence-corrected chi connectivity index (χ3v) is 5.68. The van der Waals surface area contributed by atoms with Gasteiger partial charge in [-0.25, -0.2) is 23.4 Å². The molecule has 31 heavy (non-hydrogen) atoms. The number of anilines is 5. The smallest absolute Gasteiger partial charge is 0.261 e. The third-order valence-electron chi connectivity index (χ3n) is 4.30. The van der Waals surface area contributed by atoms with Gasteiger partial charge >= 0.3 is 0 Å². The maximum atomic E-state index is 12.6. The quantitative estimate of drug-likeness (QED) is 0.395. The van der Waals surface area contributed by atoms with Crippen LogP contribution in [0.3, 0.4) is 0 Å². The molecule has 0 bridgehead atoms. The lowest BCUT2D eigenvalue weighted by Gasteiger charge is -2.11. The highest BCUT2D eigenvalue weighted by atomic mass is 32.2. The van der Waals surface area contributed by atoms with Gasteiger partial charge in [0.2, 0.25) is 0 Å². The molecule has 9 heteroatoms. The zero-order chi connectivity index (χ0) is 21.7. The predicted molar refractivity (Wildman–Crippen MR) is 121 cm³/mol. The number of hydrogen-bond donors (Lipinski definition) is 3. The minimum Gasteiger partial charge on any atom is -0.340 e. The molecular formula is C22H20N6O2S. The van der Waals surface area contributed by atoms with E-state index in [1.165, 1.54) is 6.33 Å². The highest BCUT2D eigenvalue weighted by Gasteiger charge is 2.14. The number of pyridine rings is 1. The first kappa shape index (κ1) is 20.3. The number of sulfonamides is 1. The maximum Gasteiger partial charge on any atom is 0.261 e. The number of aryl methyl sites for hydroxylation is 1. The van der Waals surface area contributed by atoms with E-state index >= 15 is 0 Å². The molecule has 0 saturated carbocycles. The van der Waals surface area contributed by atoms with Crippen molar-refractivity contribution in [2.75, 3.05) is 15.4 Å². The van der Waals surface area contributed by atoms with Gasteiger partial charge in [0.15, 0.2) is 0 Å². The van der Waals surface area contributed by atoms with E-state index in [1.54, 1.807) is 54.7 Å². The van der Waals surface area contributed by atoms with Crippen molar-refractivity contribution in [2.45, 2.75) is 11.8 Å². The van der Waals surface area contributed by atoms with Crippen molar-refractivity contribution >= 4 is 38.9 Å². The summed E-state index contributed by atoms with van der Waals surface area (Å²) in [6.45, 7) is 1.85. The molecule has 8 nitrogen and oxygen atoms in total. The summed E-state index contributed by atoms with van der Waals surface area (Å²) in [5, 5.41) is 6.28. The van der Waals surface area contributed by atoms with Crippen LogP contribution in [0.5, 0.6) is 0 Å². The molecule has 0 aliphatic carbocycles. The van der Waals surface area contributed by atoms with Crippen LogP contribution < -0.4 is 15.4 Å². The van der Waals surface area contributed by atoms with E-state index in [0.717, 1.165) is 11.3 Å². The third kappa shape index (κ3) is 5.34. The fraction of sp³-hybridized carbons (Fsp3) is 0.0455. The molecular weight excluding hydrogens is 412 g/mol. The number of nitrogens with zero attached hydrogens (tertiary/aromatic N) is 3. The first-order valence-corrected chi connectivity index (χ1v) is 10.9. The van der Waals surface area contributed by atoms with Crippen molar-refractivity contribution in [3.8, 4) is 0 Å². The van der Waals surface area contributed by atoms with Gasteiger partial charge in [-0.3, -0.25) is 4.72 Å². The molecule has 0 aliphatic rings. The molecule has 2 aromatic heterocycles. The average molecular weight is 433 g/mol. The Morgan fingerprint density at radius 2 is 1.45 bits per heavy atom. The molecule has 0 radical (unpaired) electrons. The minimum absolute atomic E-state index is 0.226. The summed E-state index contributed by atoms with van der Waals surface area (Å²) in [5.41, 5.74) is 2.09. The first-order valence-electron chi connectivity index (χ1n) is 9.45. The van der Waals surface area contributed by atoms with Gasteiger partial charge in [0.05, 0.1) is 4.90 Å². The van der Waals surface area contributed by atoms with Crippen molar-refractivity contribution in [3.63, 3.8) is 0 Å². The van der Waals surface area contributed by atoms with Gasteiger partial charge in [0.25, 0.3) is 10.0 Å². The van der Waals surface area contributed by atoms with Crippen LogP contribution in [0, 0.1) is 6.92 Å². The second kappa shape index (κ2) is 8.80. The standard InChI is InChI=1S/C22H20N6O2S/c1-16-5-4-6-19(13-16)31(29,30)28-18-10-8-17(9-11-18)26-21-14-22(25-15-24-21)27-20-7-2-3-12-23-20/h2-15,28H,1H3,(H2,23,24,25,26,27). The molecule has 3 N–H and O–H groups in total. The van der Waals surface area contributed by atoms with Gasteiger partial charge in [-0.15, -0.1) is 0 Å². The minimum atomic E-state index is -3.65. The van der Waals surface area contributed by atoms with Crippen LogP contribution in [-0.2, 0) is 10.0 Å². The second-order valence-electron chi connectivity index (χ2n) is 6.75. The van der Waals surface area contributed by atoms with Crippen LogP contribution in [0.2, 0.25) is 0 Å². The number of hydrogen-bond acceptors (Lipinski definition) is 7. The van der Waals surface area contributed by atoms with Crippen LogP contribution in [0.1, 0.15) is 5.56 Å². The summed E-state index contributed by atoms with van der Waals surface area (Å²) < 4.78 is 27.7. The van der Waals surface area contributed by atoms with Gasteiger partial charge in [-0.1, -0.05) is 18.2 Å². The number of nitrogens with one attached hydrogen (secondary N) is 3. The van der Waals surface area contributed by atoms with Crippen molar-refractivity contribution in [1.29, 1.82) is 0 Å². The number of rotatable bonds is 7. The van der Waals surface area contributed by atoms with Crippen LogP contribution >= 0.6 is 0 Å². The van der Waals surface area contributed by atoms with Crippen LogP contribution in [0.15, 0.2) is 90.2 Å². The predicted octanol–water partition coefficient (Wildman–Crippen LogP) is 4.47. The lowest BCUT2D eigenvalue weighted by molar-refractivity contribution is 0.601. The Hall–Kier alpha value is -3.98.